The fraction of sp³-hybridized carbons (Fsp3) is 0.421. The maximum atomic E-state index is 9.27. The smallest absolute Gasteiger partial charge is 0.140 e. The summed E-state index contributed by atoms with van der Waals surface area (Å²) < 4.78 is 1.83. The molecule has 1 aliphatic rings. The third-order valence-corrected chi connectivity index (χ3v) is 5.54. The second-order valence-electron chi connectivity index (χ2n) is 7.12. The van der Waals surface area contributed by atoms with Gasteiger partial charge in [-0.1, -0.05) is 0 Å². The van der Waals surface area contributed by atoms with Crippen LogP contribution in [0.15, 0.2) is 36.2 Å². The largest absolute Gasteiger partial charge is 0.346 e. The van der Waals surface area contributed by atoms with E-state index in [0.29, 0.717) is 6.42 Å². The number of aromatic amines is 1. The minimum atomic E-state index is -0.290. The van der Waals surface area contributed by atoms with Gasteiger partial charge in [-0.3, -0.25) is 4.99 Å². The van der Waals surface area contributed by atoms with E-state index in [4.69, 9.17) is 10.4 Å². The predicted octanol–water partition coefficient (Wildman–Crippen LogP) is 2.61. The van der Waals surface area contributed by atoms with E-state index < -0.39 is 0 Å². The van der Waals surface area contributed by atoms with Crippen molar-refractivity contribution in [2.45, 2.75) is 49.6 Å². The molecule has 0 spiro atoms. The highest BCUT2D eigenvalue weighted by atomic mass is 15.4. The average Bonchev–Trinajstić information content (AvgIpc) is 3.42. The van der Waals surface area contributed by atoms with Crippen LogP contribution in [0.3, 0.4) is 0 Å². The molecule has 9 heteroatoms. The highest BCUT2D eigenvalue weighted by Gasteiger charge is 2.37. The van der Waals surface area contributed by atoms with Crippen molar-refractivity contribution in [3.8, 4) is 6.07 Å². The van der Waals surface area contributed by atoms with E-state index in [-0.39, 0.29) is 17.5 Å². The van der Waals surface area contributed by atoms with Crippen molar-refractivity contribution in [1.82, 2.24) is 29.7 Å². The normalized spacial score (nSPS) is 23.6. The Hall–Kier alpha value is -3.41. The number of aliphatic imine (C=N–C) groups is 1. The molecule has 4 rings (SSSR count). The standard InChI is InChI=1S/C19H21N9/c20-7-6-19(28-13-22-11-27-28)4-1-15(2-5-19)24-10-14(9-21)17-16-3-8-23-18(16)26-12-25-17/h3,8-15,21H,1-2,4-6H2,(H,23,25,26). The SMILES string of the molecule is N#CCC1(n2cncn2)CCC(N=CC(C=N)c2ncnc3[nH]ccc23)CC1. The third-order valence-electron chi connectivity index (χ3n) is 5.54. The van der Waals surface area contributed by atoms with Crippen LogP contribution in [0.4, 0.5) is 0 Å². The van der Waals surface area contributed by atoms with Crippen molar-refractivity contribution in [2.24, 2.45) is 4.99 Å². The van der Waals surface area contributed by atoms with E-state index in [1.807, 2.05) is 23.2 Å². The van der Waals surface area contributed by atoms with Gasteiger partial charge in [-0.2, -0.15) is 10.4 Å². The lowest BCUT2D eigenvalue weighted by atomic mass is 9.78. The topological polar surface area (TPSA) is 132 Å². The van der Waals surface area contributed by atoms with Gasteiger partial charge >= 0.3 is 0 Å². The molecule has 1 aliphatic carbocycles. The van der Waals surface area contributed by atoms with Crippen LogP contribution < -0.4 is 0 Å². The number of H-pyrrole nitrogens is 1. The number of nitrogens with zero attached hydrogens (tertiary/aromatic N) is 7. The summed E-state index contributed by atoms with van der Waals surface area (Å²) in [5, 5.41) is 22.3. The van der Waals surface area contributed by atoms with Gasteiger partial charge in [-0.15, -0.1) is 0 Å². The summed E-state index contributed by atoms with van der Waals surface area (Å²) in [6.07, 6.45) is 13.5. The van der Waals surface area contributed by atoms with Gasteiger partial charge in [0.15, 0.2) is 0 Å². The Kier molecular flexibility index (Phi) is 4.93. The van der Waals surface area contributed by atoms with Crippen LogP contribution in [0.5, 0.6) is 0 Å². The maximum Gasteiger partial charge on any atom is 0.140 e. The highest BCUT2D eigenvalue weighted by Crippen LogP contribution is 2.38. The molecule has 1 saturated carbocycles. The molecule has 3 heterocycles. The van der Waals surface area contributed by atoms with Crippen molar-refractivity contribution in [3.63, 3.8) is 0 Å². The molecule has 1 fully saturated rings. The molecular weight excluding hydrogens is 354 g/mol. The van der Waals surface area contributed by atoms with Gasteiger partial charge in [0.2, 0.25) is 0 Å². The van der Waals surface area contributed by atoms with E-state index in [2.05, 4.69) is 31.1 Å². The summed E-state index contributed by atoms with van der Waals surface area (Å²) in [4.78, 5) is 20.4. The van der Waals surface area contributed by atoms with Gasteiger partial charge in [0.05, 0.1) is 29.6 Å². The molecule has 28 heavy (non-hydrogen) atoms. The molecule has 2 N–H and O–H groups in total. The lowest BCUT2D eigenvalue weighted by Crippen LogP contribution is -2.39. The Bertz CT molecular complexity index is 1000. The van der Waals surface area contributed by atoms with Gasteiger partial charge in [0, 0.05) is 30.1 Å². The van der Waals surface area contributed by atoms with Crippen molar-refractivity contribution < 1.29 is 0 Å². The molecule has 0 saturated heterocycles. The molecule has 0 bridgehead atoms. The van der Waals surface area contributed by atoms with E-state index in [1.54, 1.807) is 6.33 Å². The fourth-order valence-corrected chi connectivity index (χ4v) is 3.94. The van der Waals surface area contributed by atoms with E-state index in [0.717, 1.165) is 42.4 Å². The zero-order valence-electron chi connectivity index (χ0n) is 15.4. The van der Waals surface area contributed by atoms with Crippen LogP contribution in [-0.2, 0) is 5.54 Å². The lowest BCUT2D eigenvalue weighted by molar-refractivity contribution is 0.166. The summed E-state index contributed by atoms with van der Waals surface area (Å²) in [7, 11) is 0. The Balaban J connectivity index is 1.48. The lowest BCUT2D eigenvalue weighted by Gasteiger charge is -2.37. The molecule has 0 aliphatic heterocycles. The molecule has 0 aromatic carbocycles. The maximum absolute atomic E-state index is 9.27. The molecule has 0 radical (unpaired) electrons. The first kappa shape index (κ1) is 18.0. The zero-order valence-corrected chi connectivity index (χ0v) is 15.4. The first-order valence-corrected chi connectivity index (χ1v) is 9.30. The number of hydrogen-bond acceptors (Lipinski definition) is 7. The van der Waals surface area contributed by atoms with Crippen LogP contribution in [-0.4, -0.2) is 48.2 Å². The minimum absolute atomic E-state index is 0.168. The van der Waals surface area contributed by atoms with Crippen molar-refractivity contribution in [3.05, 3.63) is 36.9 Å². The Morgan fingerprint density at radius 1 is 1.39 bits per heavy atom. The molecule has 3 aromatic rings. The van der Waals surface area contributed by atoms with Crippen molar-refractivity contribution in [1.29, 1.82) is 10.7 Å². The molecule has 1 unspecified atom stereocenters. The van der Waals surface area contributed by atoms with Gasteiger partial charge in [-0.25, -0.2) is 19.6 Å². The van der Waals surface area contributed by atoms with Gasteiger partial charge in [0.1, 0.15) is 24.6 Å². The van der Waals surface area contributed by atoms with Crippen LogP contribution in [0.25, 0.3) is 11.0 Å². The monoisotopic (exact) mass is 375 g/mol. The number of fused-ring (bicyclic) bond motifs is 1. The highest BCUT2D eigenvalue weighted by molar-refractivity contribution is 5.94. The van der Waals surface area contributed by atoms with Crippen LogP contribution in [0, 0.1) is 16.7 Å². The van der Waals surface area contributed by atoms with Crippen LogP contribution in [0.1, 0.15) is 43.7 Å². The van der Waals surface area contributed by atoms with E-state index in [9.17, 15) is 5.26 Å². The number of aromatic nitrogens is 6. The van der Waals surface area contributed by atoms with Crippen LogP contribution in [0.2, 0.25) is 0 Å². The van der Waals surface area contributed by atoms with Crippen molar-refractivity contribution >= 4 is 23.5 Å². The summed E-state index contributed by atoms with van der Waals surface area (Å²) >= 11 is 0. The van der Waals surface area contributed by atoms with Crippen LogP contribution >= 0.6 is 0 Å². The quantitative estimate of drug-likeness (QED) is 0.639. The third kappa shape index (κ3) is 3.29. The summed E-state index contributed by atoms with van der Waals surface area (Å²) in [5.74, 6) is -0.289. The number of nitriles is 1. The minimum Gasteiger partial charge on any atom is -0.346 e. The molecular formula is C19H21N9. The first-order chi connectivity index (χ1) is 13.8. The molecule has 0 amide bonds. The number of hydrogen-bond donors (Lipinski definition) is 2. The van der Waals surface area contributed by atoms with E-state index in [1.165, 1.54) is 18.9 Å². The Labute approximate surface area is 162 Å². The Morgan fingerprint density at radius 3 is 2.96 bits per heavy atom. The first-order valence-electron chi connectivity index (χ1n) is 9.30. The number of nitrogens with one attached hydrogen (secondary N) is 2. The second-order valence-corrected chi connectivity index (χ2v) is 7.12. The number of rotatable bonds is 6. The fourth-order valence-electron chi connectivity index (χ4n) is 3.94. The molecule has 3 aromatic heterocycles. The summed E-state index contributed by atoms with van der Waals surface area (Å²) in [6.45, 7) is 0. The molecule has 9 nitrogen and oxygen atoms in total. The average molecular weight is 375 g/mol. The summed E-state index contributed by atoms with van der Waals surface area (Å²) in [5.41, 5.74) is 1.25. The van der Waals surface area contributed by atoms with E-state index >= 15 is 0 Å². The van der Waals surface area contributed by atoms with Gasteiger partial charge in [-0.05, 0) is 31.7 Å². The zero-order chi connectivity index (χ0) is 19.4. The second kappa shape index (κ2) is 7.68. The molecule has 142 valence electrons. The predicted molar refractivity (Wildman–Crippen MR) is 104 cm³/mol. The van der Waals surface area contributed by atoms with Crippen molar-refractivity contribution in [2.75, 3.05) is 0 Å². The summed E-state index contributed by atoms with van der Waals surface area (Å²) in [6, 6.07) is 4.39. The van der Waals surface area contributed by atoms with Gasteiger partial charge < -0.3 is 10.4 Å². The molecule has 1 atom stereocenters. The van der Waals surface area contributed by atoms with Gasteiger partial charge in [0.25, 0.3) is 0 Å². The Morgan fingerprint density at radius 2 is 2.25 bits per heavy atom.